The molecule has 0 aromatic heterocycles. The van der Waals surface area contributed by atoms with Crippen LogP contribution in [-0.2, 0) is 23.9 Å². The van der Waals surface area contributed by atoms with Crippen LogP contribution in [0.15, 0.2) is 0 Å². The molecule has 5 heteroatoms. The first-order chi connectivity index (χ1) is 9.60. The Balaban J connectivity index is 0. The highest BCUT2D eigenvalue weighted by Crippen LogP contribution is 2.62. The van der Waals surface area contributed by atoms with Crippen LogP contribution in [0.5, 0.6) is 0 Å². The van der Waals surface area contributed by atoms with Gasteiger partial charge < -0.3 is 9.47 Å². The van der Waals surface area contributed by atoms with Crippen LogP contribution in [0.4, 0.5) is 0 Å². The Kier molecular flexibility index (Phi) is 8.28. The van der Waals surface area contributed by atoms with Gasteiger partial charge in [-0.15, -0.1) is 0 Å². The summed E-state index contributed by atoms with van der Waals surface area (Å²) in [6.45, 7) is 18.1. The second kappa shape index (κ2) is 7.89. The molecule has 1 rings (SSSR count). The number of hydrogen-bond donors (Lipinski definition) is 0. The third-order valence-corrected chi connectivity index (χ3v) is 4.95. The van der Waals surface area contributed by atoms with Crippen LogP contribution in [0.3, 0.4) is 0 Å². The van der Waals surface area contributed by atoms with Crippen molar-refractivity contribution in [1.82, 2.24) is 0 Å². The molecule has 1 fully saturated rings. The van der Waals surface area contributed by atoms with Gasteiger partial charge in [-0.2, -0.15) is 9.59 Å². The smallest absolute Gasteiger partial charge is 0.373 e. The Morgan fingerprint density at radius 3 is 1.36 bits per heavy atom. The van der Waals surface area contributed by atoms with E-state index in [0.29, 0.717) is 10.8 Å². The van der Waals surface area contributed by atoms with Gasteiger partial charge in [0.05, 0.1) is 0 Å². The first-order valence-electron chi connectivity index (χ1n) is 7.34. The highest BCUT2D eigenvalue weighted by atomic mass is 16.6. The molecule has 1 aliphatic carbocycles. The van der Waals surface area contributed by atoms with Gasteiger partial charge in [0.15, 0.2) is 0 Å². The van der Waals surface area contributed by atoms with E-state index in [2.05, 4.69) is 27.7 Å². The molecule has 0 unspecified atom stereocenters. The summed E-state index contributed by atoms with van der Waals surface area (Å²) < 4.78 is 10.4. The predicted octanol–water partition coefficient (Wildman–Crippen LogP) is 3.61. The van der Waals surface area contributed by atoms with E-state index in [1.165, 1.54) is 13.3 Å². The van der Waals surface area contributed by atoms with Crippen molar-refractivity contribution in [3.63, 3.8) is 0 Å². The molecule has 0 aromatic rings. The summed E-state index contributed by atoms with van der Waals surface area (Å²) in [5.74, 6) is -0.287. The fraction of sp³-hybridized carbons (Fsp3) is 0.882. The molecule has 130 valence electrons. The van der Waals surface area contributed by atoms with Crippen LogP contribution in [0.25, 0.3) is 0 Å². The van der Waals surface area contributed by atoms with Gasteiger partial charge in [-0.3, -0.25) is 4.79 Å². The van der Waals surface area contributed by atoms with Crippen LogP contribution in [0.2, 0.25) is 0 Å². The highest BCUT2D eigenvalue weighted by Gasteiger charge is 2.53. The molecule has 1 saturated carbocycles. The van der Waals surface area contributed by atoms with Gasteiger partial charge in [0.25, 0.3) is 0 Å². The Morgan fingerprint density at radius 2 is 1.23 bits per heavy atom. The number of esters is 1. The normalized spacial score (nSPS) is 17.7. The largest absolute Gasteiger partial charge is 0.457 e. The summed E-state index contributed by atoms with van der Waals surface area (Å²) in [5, 5.41) is 0. The quantitative estimate of drug-likeness (QED) is 0.744. The second-order valence-electron chi connectivity index (χ2n) is 7.85. The van der Waals surface area contributed by atoms with Crippen molar-refractivity contribution >= 4 is 12.1 Å². The topological polar surface area (TPSA) is 69.7 Å². The number of carbonyl (C=O) groups excluding carboxylic acids is 3. The molecule has 0 N–H and O–H groups in total. The van der Waals surface area contributed by atoms with Gasteiger partial charge in [-0.05, 0) is 44.9 Å². The lowest BCUT2D eigenvalue weighted by molar-refractivity contribution is -0.191. The Morgan fingerprint density at radius 1 is 0.955 bits per heavy atom. The van der Waals surface area contributed by atoms with E-state index in [4.69, 9.17) is 19.1 Å². The molecule has 0 amide bonds. The van der Waals surface area contributed by atoms with Gasteiger partial charge >= 0.3 is 12.1 Å². The lowest BCUT2D eigenvalue weighted by Gasteiger charge is -2.39. The minimum atomic E-state index is -0.604. The number of hydrogen-bond acceptors (Lipinski definition) is 5. The van der Waals surface area contributed by atoms with E-state index in [1.54, 1.807) is 7.11 Å². The Bertz CT molecular complexity index is 387. The summed E-state index contributed by atoms with van der Waals surface area (Å²) in [5.41, 5.74) is 0.215. The molecule has 0 radical (unpaired) electrons. The summed E-state index contributed by atoms with van der Waals surface area (Å²) >= 11 is 0. The zero-order chi connectivity index (χ0) is 18.4. The fourth-order valence-corrected chi connectivity index (χ4v) is 1.79. The maximum atomic E-state index is 10.7. The van der Waals surface area contributed by atoms with Crippen LogP contribution < -0.4 is 0 Å². The Hall–Kier alpha value is -1.19. The monoisotopic (exact) mass is 316 g/mol. The van der Waals surface area contributed by atoms with E-state index in [0.717, 1.165) is 0 Å². The SMILES string of the molecule is CC1(C)CC1(C)C.COC(C)(C)C(C)(C)OC(C)=O.O=C=O. The molecule has 0 bridgehead atoms. The minimum absolute atomic E-state index is 0.250. The van der Waals surface area contributed by atoms with Crippen molar-refractivity contribution in [2.75, 3.05) is 7.11 Å². The standard InChI is InChI=1S/C9H18O3.C7H14.CO2/c1-7(10)12-9(4,5)8(2,3)11-6;1-6(2)5-7(6,3)4;2-1-3/h1-6H3;5H2,1-4H3;. The zero-order valence-corrected chi connectivity index (χ0v) is 15.7. The first-order valence-corrected chi connectivity index (χ1v) is 7.34. The van der Waals surface area contributed by atoms with Gasteiger partial charge in [0, 0.05) is 14.0 Å². The predicted molar refractivity (Wildman–Crippen MR) is 84.1 cm³/mol. The Labute approximate surface area is 134 Å². The van der Waals surface area contributed by atoms with Gasteiger partial charge in [0.1, 0.15) is 11.2 Å². The zero-order valence-electron chi connectivity index (χ0n) is 15.7. The molecule has 0 aromatic carbocycles. The molecule has 0 heterocycles. The molecule has 1 aliphatic rings. The summed E-state index contributed by atoms with van der Waals surface area (Å²) in [6, 6.07) is 0. The molecule has 0 spiro atoms. The number of carbonyl (C=O) groups is 1. The number of rotatable bonds is 3. The van der Waals surface area contributed by atoms with Crippen molar-refractivity contribution in [2.45, 2.75) is 79.9 Å². The van der Waals surface area contributed by atoms with Crippen molar-refractivity contribution in [2.24, 2.45) is 10.8 Å². The maximum Gasteiger partial charge on any atom is 0.373 e. The second-order valence-corrected chi connectivity index (χ2v) is 7.85. The van der Waals surface area contributed by atoms with Crippen molar-refractivity contribution < 1.29 is 23.9 Å². The third kappa shape index (κ3) is 7.19. The van der Waals surface area contributed by atoms with Gasteiger partial charge in [-0.25, -0.2) is 0 Å². The minimum Gasteiger partial charge on any atom is -0.457 e. The van der Waals surface area contributed by atoms with Gasteiger partial charge in [-0.1, -0.05) is 27.7 Å². The molecule has 0 aliphatic heterocycles. The first kappa shape index (κ1) is 23.1. The number of ether oxygens (including phenoxy) is 2. The number of methoxy groups -OCH3 is 1. The lowest BCUT2D eigenvalue weighted by atomic mass is 9.89. The van der Waals surface area contributed by atoms with Crippen LogP contribution in [0, 0.1) is 10.8 Å². The molecule has 0 saturated heterocycles. The van der Waals surface area contributed by atoms with E-state index in [9.17, 15) is 4.79 Å². The highest BCUT2D eigenvalue weighted by molar-refractivity contribution is 5.66. The van der Waals surface area contributed by atoms with Crippen molar-refractivity contribution in [1.29, 1.82) is 0 Å². The summed E-state index contributed by atoms with van der Waals surface area (Å²) in [4.78, 5) is 27.0. The average molecular weight is 316 g/mol. The molecule has 0 atom stereocenters. The van der Waals surface area contributed by atoms with E-state index < -0.39 is 11.2 Å². The van der Waals surface area contributed by atoms with Gasteiger partial charge in [0.2, 0.25) is 0 Å². The fourth-order valence-electron chi connectivity index (χ4n) is 1.79. The third-order valence-electron chi connectivity index (χ3n) is 4.95. The molecule has 22 heavy (non-hydrogen) atoms. The van der Waals surface area contributed by atoms with E-state index in [1.807, 2.05) is 27.7 Å². The van der Waals surface area contributed by atoms with Crippen molar-refractivity contribution in [3.05, 3.63) is 0 Å². The van der Waals surface area contributed by atoms with Crippen molar-refractivity contribution in [3.8, 4) is 0 Å². The summed E-state index contributed by atoms with van der Waals surface area (Å²) in [6.07, 6.45) is 1.65. The van der Waals surface area contributed by atoms with Crippen LogP contribution in [0.1, 0.15) is 68.7 Å². The molecular weight excluding hydrogens is 284 g/mol. The molecule has 5 nitrogen and oxygen atoms in total. The molecular formula is C17H32O5. The van der Waals surface area contributed by atoms with Crippen LogP contribution in [-0.4, -0.2) is 30.4 Å². The lowest BCUT2D eigenvalue weighted by Crippen LogP contribution is -2.49. The van der Waals surface area contributed by atoms with Crippen LogP contribution >= 0.6 is 0 Å². The summed E-state index contributed by atoms with van der Waals surface area (Å²) in [7, 11) is 1.60. The maximum absolute atomic E-state index is 10.7. The average Bonchev–Trinajstić information content (AvgIpc) is 2.74. The van der Waals surface area contributed by atoms with E-state index >= 15 is 0 Å². The van der Waals surface area contributed by atoms with E-state index in [-0.39, 0.29) is 12.1 Å².